The van der Waals surface area contributed by atoms with E-state index in [1.807, 2.05) is 60.7 Å². The van der Waals surface area contributed by atoms with Crippen LogP contribution in [0.2, 0.25) is 0 Å². The van der Waals surface area contributed by atoms with E-state index < -0.39 is 0 Å². The van der Waals surface area contributed by atoms with E-state index in [-0.39, 0.29) is 25.5 Å². The van der Waals surface area contributed by atoms with Crippen molar-refractivity contribution in [3.63, 3.8) is 0 Å². The minimum absolute atomic E-state index is 0. The third-order valence-corrected chi connectivity index (χ3v) is 7.56. The second kappa shape index (κ2) is 11.1. The van der Waals surface area contributed by atoms with Crippen molar-refractivity contribution in [2.45, 2.75) is 26.2 Å². The number of hydrogen-bond donors (Lipinski definition) is 0. The van der Waals surface area contributed by atoms with Crippen LogP contribution in [-0.4, -0.2) is 19.4 Å². The largest absolute Gasteiger partial charge is 0.335 e. The first-order valence-corrected chi connectivity index (χ1v) is 13.8. The molecule has 42 heavy (non-hydrogen) atoms. The fraction of sp³-hybridized carbons (Fsp3) is 0.108. The van der Waals surface area contributed by atoms with Crippen molar-refractivity contribution in [2.75, 3.05) is 0 Å². The summed E-state index contributed by atoms with van der Waals surface area (Å²) in [5.41, 5.74) is 8.68. The summed E-state index contributed by atoms with van der Waals surface area (Å²) in [6.07, 6.45) is 6.81. The molecule has 0 saturated carbocycles. The van der Waals surface area contributed by atoms with Crippen LogP contribution in [0.15, 0.2) is 116 Å². The van der Waals surface area contributed by atoms with Gasteiger partial charge in [0.05, 0.1) is 11.2 Å². The first kappa shape index (κ1) is 27.7. The van der Waals surface area contributed by atoms with Gasteiger partial charge in [-0.25, -0.2) is 0 Å². The Kier molecular flexibility index (Phi) is 7.32. The van der Waals surface area contributed by atoms with Gasteiger partial charge >= 0.3 is 0 Å². The molecule has 3 aromatic carbocycles. The minimum Gasteiger partial charge on any atom is -0.335 e. The molecule has 0 amide bonds. The van der Waals surface area contributed by atoms with Gasteiger partial charge in [0, 0.05) is 48.8 Å². The van der Waals surface area contributed by atoms with Gasteiger partial charge in [-0.05, 0) is 58.2 Å². The molecule has 1 radical (unpaired) electrons. The molecule has 0 fully saturated rings. The first-order valence-electron chi connectivity index (χ1n) is 13.8. The molecule has 5 aromatic heterocycles. The van der Waals surface area contributed by atoms with E-state index >= 15 is 0 Å². The van der Waals surface area contributed by atoms with Gasteiger partial charge in [0.25, 0.3) is 0 Å². The molecule has 0 aliphatic rings. The zero-order chi connectivity index (χ0) is 28.0. The summed E-state index contributed by atoms with van der Waals surface area (Å²) in [5, 5.41) is 4.94. The monoisotopic (exact) mass is 721 g/mol. The molecular weight excluding hydrogens is 693 g/mol. The predicted molar refractivity (Wildman–Crippen MR) is 168 cm³/mol. The van der Waals surface area contributed by atoms with Crippen molar-refractivity contribution in [1.29, 1.82) is 0 Å². The van der Waals surface area contributed by atoms with Crippen LogP contribution in [0, 0.1) is 12.3 Å². The number of nitrogens with zero attached hydrogens (tertiary/aromatic N) is 4. The SMILES string of the molecule is CC(C)(C)c1ccc2c(c1)c1cccc3c4cc(-c5ccccn5)[c-]nc4n2c13.[Ir].[c-]1ccccc1-c1ccccn1. The number of benzene rings is 3. The fourth-order valence-corrected chi connectivity index (χ4v) is 5.48. The minimum atomic E-state index is 0. The fourth-order valence-electron chi connectivity index (χ4n) is 5.48. The van der Waals surface area contributed by atoms with Gasteiger partial charge in [0.2, 0.25) is 0 Å². The molecule has 0 aliphatic carbocycles. The number of fused-ring (bicyclic) bond motifs is 6. The van der Waals surface area contributed by atoms with Gasteiger partial charge in [0.1, 0.15) is 0 Å². The van der Waals surface area contributed by atoms with E-state index in [2.05, 4.69) is 89.9 Å². The Morgan fingerprint density at radius 3 is 1.98 bits per heavy atom. The van der Waals surface area contributed by atoms with Gasteiger partial charge < -0.3 is 19.4 Å². The molecule has 5 heteroatoms. The van der Waals surface area contributed by atoms with E-state index in [0.717, 1.165) is 33.5 Å². The zero-order valence-electron chi connectivity index (χ0n) is 23.6. The Morgan fingerprint density at radius 2 is 1.33 bits per heavy atom. The first-order chi connectivity index (χ1) is 20.0. The molecule has 5 heterocycles. The second-order valence-corrected chi connectivity index (χ2v) is 11.2. The van der Waals surface area contributed by atoms with Crippen molar-refractivity contribution >= 4 is 38.2 Å². The van der Waals surface area contributed by atoms with Crippen molar-refractivity contribution in [1.82, 2.24) is 19.4 Å². The van der Waals surface area contributed by atoms with E-state index in [1.165, 1.54) is 32.8 Å². The van der Waals surface area contributed by atoms with Gasteiger partial charge in [-0.15, -0.1) is 47.5 Å². The van der Waals surface area contributed by atoms with Crippen LogP contribution in [0.1, 0.15) is 26.3 Å². The van der Waals surface area contributed by atoms with Crippen LogP contribution in [0.5, 0.6) is 0 Å². The number of pyridine rings is 3. The molecule has 0 N–H and O–H groups in total. The summed E-state index contributed by atoms with van der Waals surface area (Å²) in [5.74, 6) is 0. The molecule has 207 valence electrons. The normalized spacial score (nSPS) is 11.5. The molecule has 0 bridgehead atoms. The van der Waals surface area contributed by atoms with Crippen molar-refractivity contribution < 1.29 is 20.1 Å². The quantitative estimate of drug-likeness (QED) is 0.168. The van der Waals surface area contributed by atoms with Gasteiger partial charge in [-0.1, -0.05) is 74.7 Å². The summed E-state index contributed by atoms with van der Waals surface area (Å²) in [6.45, 7) is 6.78. The number of aromatic nitrogens is 4. The summed E-state index contributed by atoms with van der Waals surface area (Å²) in [4.78, 5) is 13.4. The molecular formula is C37H28IrN4-2. The average Bonchev–Trinajstić information content (AvgIpc) is 3.54. The smallest absolute Gasteiger partial charge is 0.0604 e. The molecule has 4 nitrogen and oxygen atoms in total. The second-order valence-electron chi connectivity index (χ2n) is 11.2. The number of hydrogen-bond acceptors (Lipinski definition) is 3. The zero-order valence-corrected chi connectivity index (χ0v) is 26.0. The van der Waals surface area contributed by atoms with Crippen LogP contribution >= 0.6 is 0 Å². The van der Waals surface area contributed by atoms with Crippen molar-refractivity contribution in [3.8, 4) is 22.5 Å². The van der Waals surface area contributed by atoms with Gasteiger partial charge in [0.15, 0.2) is 0 Å². The molecule has 0 atom stereocenters. The Hall–Kier alpha value is -4.44. The summed E-state index contributed by atoms with van der Waals surface area (Å²) in [6, 6.07) is 38.3. The molecule has 8 rings (SSSR count). The van der Waals surface area contributed by atoms with Gasteiger partial charge in [-0.2, -0.15) is 0 Å². The Morgan fingerprint density at radius 1 is 0.643 bits per heavy atom. The van der Waals surface area contributed by atoms with Crippen LogP contribution in [0.4, 0.5) is 0 Å². The maximum atomic E-state index is 4.77. The third kappa shape index (κ3) is 4.85. The van der Waals surface area contributed by atoms with Crippen molar-refractivity contribution in [3.05, 3.63) is 133 Å². The Balaban J connectivity index is 0.000000205. The summed E-state index contributed by atoms with van der Waals surface area (Å²) < 4.78 is 2.29. The van der Waals surface area contributed by atoms with Crippen LogP contribution in [0.25, 0.3) is 60.7 Å². The van der Waals surface area contributed by atoms with E-state index in [9.17, 15) is 0 Å². The third-order valence-electron chi connectivity index (χ3n) is 7.56. The standard InChI is InChI=1S/C26H20N3.C11H8N.Ir/c1-26(2,3)17-10-11-23-20(14-17)18-7-6-8-19-21-13-16(22-9-4-5-12-27-22)15-28-25(21)29(23)24(18)19;1-2-6-10(7-3-1)11-8-4-5-9-12-11;/h4-14H,1-3H3;1-6,8-9H;/q2*-1;. The van der Waals surface area contributed by atoms with Crippen molar-refractivity contribution in [2.24, 2.45) is 0 Å². The Bertz CT molecular complexity index is 2080. The number of para-hydroxylation sites is 1. The summed E-state index contributed by atoms with van der Waals surface area (Å²) in [7, 11) is 0. The van der Waals surface area contributed by atoms with Gasteiger partial charge in [-0.3, -0.25) is 0 Å². The molecule has 0 unspecified atom stereocenters. The maximum Gasteiger partial charge on any atom is 0.0604 e. The molecule has 0 spiro atoms. The van der Waals surface area contributed by atoms with Crippen LogP contribution in [0.3, 0.4) is 0 Å². The topological polar surface area (TPSA) is 43.1 Å². The van der Waals surface area contributed by atoms with Crippen LogP contribution < -0.4 is 0 Å². The van der Waals surface area contributed by atoms with E-state index in [4.69, 9.17) is 4.98 Å². The maximum absolute atomic E-state index is 4.77. The summed E-state index contributed by atoms with van der Waals surface area (Å²) >= 11 is 0. The predicted octanol–water partition coefficient (Wildman–Crippen LogP) is 8.94. The van der Waals surface area contributed by atoms with E-state index in [1.54, 1.807) is 12.4 Å². The average molecular weight is 721 g/mol. The van der Waals surface area contributed by atoms with Crippen LogP contribution in [-0.2, 0) is 25.5 Å². The van der Waals surface area contributed by atoms with E-state index in [0.29, 0.717) is 0 Å². The molecule has 8 aromatic rings. The Labute approximate surface area is 258 Å². The number of rotatable bonds is 2. The molecule has 0 aliphatic heterocycles. The molecule has 0 saturated heterocycles.